The van der Waals surface area contributed by atoms with Gasteiger partial charge in [0.15, 0.2) is 11.5 Å². The third kappa shape index (κ3) is 4.93. The predicted octanol–water partition coefficient (Wildman–Crippen LogP) is 4.39. The van der Waals surface area contributed by atoms with E-state index in [1.165, 1.54) is 0 Å². The molecular formula is C25H22N4O5. The van der Waals surface area contributed by atoms with E-state index in [2.05, 4.69) is 20.8 Å². The molecule has 0 unspecified atom stereocenters. The van der Waals surface area contributed by atoms with Crippen molar-refractivity contribution in [3.05, 3.63) is 83.7 Å². The zero-order valence-corrected chi connectivity index (χ0v) is 18.4. The lowest BCUT2D eigenvalue weighted by Crippen LogP contribution is -2.28. The number of carbonyl (C=O) groups excluding carboxylic acids is 1. The Labute approximate surface area is 195 Å². The van der Waals surface area contributed by atoms with Crippen LogP contribution in [-0.4, -0.2) is 30.1 Å². The third-order valence-electron chi connectivity index (χ3n) is 5.24. The van der Waals surface area contributed by atoms with Crippen LogP contribution in [0.5, 0.6) is 17.2 Å². The number of benzene rings is 3. The number of carbonyl (C=O) groups is 1. The summed E-state index contributed by atoms with van der Waals surface area (Å²) in [7, 11) is 1.61. The highest BCUT2D eigenvalue weighted by Gasteiger charge is 2.15. The predicted molar refractivity (Wildman–Crippen MR) is 124 cm³/mol. The van der Waals surface area contributed by atoms with Gasteiger partial charge in [0.05, 0.1) is 13.5 Å². The van der Waals surface area contributed by atoms with Gasteiger partial charge in [0.1, 0.15) is 5.75 Å². The SMILES string of the molecule is COc1ccc(CNC(=O)Nc2cccc(-c3nnc(Cc4ccc5c(c4)OCO5)o3)c2)cc1. The van der Waals surface area contributed by atoms with Crippen molar-refractivity contribution < 1.29 is 23.4 Å². The lowest BCUT2D eigenvalue weighted by molar-refractivity contribution is 0.174. The van der Waals surface area contributed by atoms with Crippen LogP contribution < -0.4 is 24.8 Å². The van der Waals surface area contributed by atoms with Crippen LogP contribution in [0.3, 0.4) is 0 Å². The number of nitrogens with one attached hydrogen (secondary N) is 2. The molecular weight excluding hydrogens is 436 g/mol. The van der Waals surface area contributed by atoms with Crippen molar-refractivity contribution in [1.82, 2.24) is 15.5 Å². The first-order valence-electron chi connectivity index (χ1n) is 10.7. The molecule has 0 bridgehead atoms. The van der Waals surface area contributed by atoms with Crippen LogP contribution in [0.1, 0.15) is 17.0 Å². The van der Waals surface area contributed by atoms with Gasteiger partial charge in [-0.15, -0.1) is 10.2 Å². The second kappa shape index (κ2) is 9.53. The lowest BCUT2D eigenvalue weighted by atomic mass is 10.1. The van der Waals surface area contributed by atoms with Crippen LogP contribution in [0.25, 0.3) is 11.5 Å². The van der Waals surface area contributed by atoms with E-state index in [1.807, 2.05) is 54.6 Å². The molecule has 34 heavy (non-hydrogen) atoms. The minimum atomic E-state index is -0.318. The second-order valence-corrected chi connectivity index (χ2v) is 7.60. The number of aromatic nitrogens is 2. The van der Waals surface area contributed by atoms with Crippen molar-refractivity contribution in [3.8, 4) is 28.7 Å². The van der Waals surface area contributed by atoms with Gasteiger partial charge in [0.25, 0.3) is 0 Å². The summed E-state index contributed by atoms with van der Waals surface area (Å²) in [5.74, 6) is 3.06. The van der Waals surface area contributed by atoms with Crippen molar-refractivity contribution in [2.45, 2.75) is 13.0 Å². The largest absolute Gasteiger partial charge is 0.497 e. The molecule has 0 radical (unpaired) electrons. The van der Waals surface area contributed by atoms with Crippen molar-refractivity contribution in [1.29, 1.82) is 0 Å². The molecule has 172 valence electrons. The van der Waals surface area contributed by atoms with Gasteiger partial charge in [-0.3, -0.25) is 0 Å². The molecule has 3 aromatic carbocycles. The molecule has 2 amide bonds. The molecule has 0 atom stereocenters. The normalized spacial score (nSPS) is 11.8. The zero-order valence-electron chi connectivity index (χ0n) is 18.4. The Bertz CT molecular complexity index is 1300. The Morgan fingerprint density at radius 2 is 1.79 bits per heavy atom. The van der Waals surface area contributed by atoms with E-state index >= 15 is 0 Å². The van der Waals surface area contributed by atoms with Gasteiger partial charge in [0, 0.05) is 17.8 Å². The van der Waals surface area contributed by atoms with Gasteiger partial charge in [-0.1, -0.05) is 24.3 Å². The minimum Gasteiger partial charge on any atom is -0.497 e. The highest BCUT2D eigenvalue weighted by Crippen LogP contribution is 2.33. The van der Waals surface area contributed by atoms with Gasteiger partial charge in [0.2, 0.25) is 18.6 Å². The van der Waals surface area contributed by atoms with Gasteiger partial charge >= 0.3 is 6.03 Å². The fraction of sp³-hybridized carbons (Fsp3) is 0.160. The fourth-order valence-electron chi connectivity index (χ4n) is 3.50. The molecule has 0 saturated carbocycles. The van der Waals surface area contributed by atoms with E-state index in [0.717, 1.165) is 22.6 Å². The number of hydrogen-bond acceptors (Lipinski definition) is 7. The molecule has 9 heteroatoms. The van der Waals surface area contributed by atoms with Crippen molar-refractivity contribution >= 4 is 11.7 Å². The number of methoxy groups -OCH3 is 1. The maximum absolute atomic E-state index is 12.3. The highest BCUT2D eigenvalue weighted by atomic mass is 16.7. The summed E-state index contributed by atoms with van der Waals surface area (Å²) in [6.45, 7) is 0.621. The molecule has 4 aromatic rings. The van der Waals surface area contributed by atoms with Gasteiger partial charge in [-0.25, -0.2) is 4.79 Å². The van der Waals surface area contributed by atoms with E-state index in [1.54, 1.807) is 19.2 Å². The third-order valence-corrected chi connectivity index (χ3v) is 5.24. The number of anilines is 1. The molecule has 2 heterocycles. The molecule has 0 fully saturated rings. The molecule has 1 aliphatic rings. The summed E-state index contributed by atoms with van der Waals surface area (Å²) in [5, 5.41) is 14.0. The molecule has 9 nitrogen and oxygen atoms in total. The first kappa shape index (κ1) is 21.3. The maximum atomic E-state index is 12.3. The van der Waals surface area contributed by atoms with Gasteiger partial charge < -0.3 is 29.3 Å². The van der Waals surface area contributed by atoms with E-state index in [-0.39, 0.29) is 12.8 Å². The Kier molecular flexibility index (Phi) is 5.98. The Balaban J connectivity index is 1.20. The van der Waals surface area contributed by atoms with E-state index in [4.69, 9.17) is 18.6 Å². The molecule has 1 aromatic heterocycles. The summed E-state index contributed by atoms with van der Waals surface area (Å²) in [6.07, 6.45) is 0.468. The van der Waals surface area contributed by atoms with Gasteiger partial charge in [-0.05, 0) is 53.6 Å². The number of rotatable bonds is 7. The van der Waals surface area contributed by atoms with Crippen LogP contribution in [0.15, 0.2) is 71.1 Å². The fourth-order valence-corrected chi connectivity index (χ4v) is 3.50. The van der Waals surface area contributed by atoms with Crippen LogP contribution in [0, 0.1) is 0 Å². The van der Waals surface area contributed by atoms with Gasteiger partial charge in [-0.2, -0.15) is 0 Å². The first-order valence-corrected chi connectivity index (χ1v) is 10.7. The molecule has 1 aliphatic heterocycles. The zero-order chi connectivity index (χ0) is 23.3. The molecule has 0 saturated heterocycles. The monoisotopic (exact) mass is 458 g/mol. The van der Waals surface area contributed by atoms with Crippen LogP contribution in [0.4, 0.5) is 10.5 Å². The van der Waals surface area contributed by atoms with Crippen molar-refractivity contribution in [3.63, 3.8) is 0 Å². The van der Waals surface area contributed by atoms with Crippen molar-refractivity contribution in [2.24, 2.45) is 0 Å². The topological polar surface area (TPSA) is 108 Å². The van der Waals surface area contributed by atoms with Crippen LogP contribution in [-0.2, 0) is 13.0 Å². The van der Waals surface area contributed by atoms with Crippen molar-refractivity contribution in [2.75, 3.05) is 19.2 Å². The number of nitrogens with zero attached hydrogens (tertiary/aromatic N) is 2. The molecule has 0 aliphatic carbocycles. The van der Waals surface area contributed by atoms with E-state index < -0.39 is 0 Å². The average Bonchev–Trinajstić information content (AvgIpc) is 3.53. The standard InChI is InChI=1S/C25H22N4O5/c1-31-20-8-5-16(6-9-20)14-26-25(30)27-19-4-2-3-18(13-19)24-29-28-23(34-24)12-17-7-10-21-22(11-17)33-15-32-21/h2-11,13H,12,14-15H2,1H3,(H2,26,27,30). The Morgan fingerprint density at radius 1 is 0.971 bits per heavy atom. The lowest BCUT2D eigenvalue weighted by Gasteiger charge is -2.09. The maximum Gasteiger partial charge on any atom is 0.319 e. The first-order chi connectivity index (χ1) is 16.7. The number of urea groups is 1. The number of fused-ring (bicyclic) bond motifs is 1. The summed E-state index contributed by atoms with van der Waals surface area (Å²) in [4.78, 5) is 12.3. The molecule has 0 spiro atoms. The molecule has 2 N–H and O–H groups in total. The number of amides is 2. The van der Waals surface area contributed by atoms with E-state index in [0.29, 0.717) is 41.7 Å². The average molecular weight is 458 g/mol. The Morgan fingerprint density at radius 3 is 2.65 bits per heavy atom. The Hall–Kier alpha value is -4.53. The smallest absolute Gasteiger partial charge is 0.319 e. The summed E-state index contributed by atoms with van der Waals surface area (Å²) in [6, 6.07) is 20.1. The summed E-state index contributed by atoms with van der Waals surface area (Å²) >= 11 is 0. The number of hydrogen-bond donors (Lipinski definition) is 2. The summed E-state index contributed by atoms with van der Waals surface area (Å²) in [5.41, 5.74) is 3.26. The minimum absolute atomic E-state index is 0.230. The highest BCUT2D eigenvalue weighted by molar-refractivity contribution is 5.89. The quantitative estimate of drug-likeness (QED) is 0.423. The molecule has 5 rings (SSSR count). The number of ether oxygens (including phenoxy) is 3. The summed E-state index contributed by atoms with van der Waals surface area (Å²) < 4.78 is 21.7. The second-order valence-electron chi connectivity index (χ2n) is 7.60. The van der Waals surface area contributed by atoms with Crippen LogP contribution >= 0.6 is 0 Å². The van der Waals surface area contributed by atoms with E-state index in [9.17, 15) is 4.79 Å². The van der Waals surface area contributed by atoms with Crippen LogP contribution in [0.2, 0.25) is 0 Å².